The molecule has 1 N–H and O–H groups in total. The summed E-state index contributed by atoms with van der Waals surface area (Å²) in [4.78, 5) is 13.6. The molecule has 0 radical (unpaired) electrons. The van der Waals surface area contributed by atoms with Crippen LogP contribution in [-0.4, -0.2) is 55.4 Å². The third kappa shape index (κ3) is 7.62. The summed E-state index contributed by atoms with van der Waals surface area (Å²) in [5, 5.41) is 10.1. The van der Waals surface area contributed by atoms with Crippen molar-refractivity contribution in [3.05, 3.63) is 42.5 Å². The molecule has 0 heterocycles. The summed E-state index contributed by atoms with van der Waals surface area (Å²) < 4.78 is 10.6. The number of nitrogens with zero attached hydrogens (tertiary/aromatic N) is 1. The Morgan fingerprint density at radius 3 is 2.67 bits per heavy atom. The summed E-state index contributed by atoms with van der Waals surface area (Å²) in [6.45, 7) is 7.21. The first-order chi connectivity index (χ1) is 11.6. The van der Waals surface area contributed by atoms with Crippen LogP contribution in [0.3, 0.4) is 0 Å². The molecule has 1 atom stereocenters. The predicted molar refractivity (Wildman–Crippen MR) is 95.2 cm³/mol. The lowest BCUT2D eigenvalue weighted by Crippen LogP contribution is -2.39. The van der Waals surface area contributed by atoms with E-state index in [1.165, 1.54) is 5.56 Å². The summed E-state index contributed by atoms with van der Waals surface area (Å²) in [7, 11) is 1.68. The highest BCUT2D eigenvalue weighted by Gasteiger charge is 2.16. The largest absolute Gasteiger partial charge is 0.491 e. The third-order valence-electron chi connectivity index (χ3n) is 3.69. The molecule has 1 rings (SSSR count). The zero-order valence-corrected chi connectivity index (χ0v) is 14.7. The van der Waals surface area contributed by atoms with Crippen molar-refractivity contribution in [3.8, 4) is 5.75 Å². The highest BCUT2D eigenvalue weighted by molar-refractivity contribution is 5.76. The molecule has 1 amide bonds. The summed E-state index contributed by atoms with van der Waals surface area (Å²) in [5.74, 6) is 0.732. The second-order valence-electron chi connectivity index (χ2n) is 5.61. The maximum atomic E-state index is 12.0. The van der Waals surface area contributed by atoms with Crippen LogP contribution in [0.4, 0.5) is 0 Å². The number of aliphatic hydroxyl groups excluding tert-OH is 1. The number of benzene rings is 1. The Labute approximate surface area is 144 Å². The predicted octanol–water partition coefficient (Wildman–Crippen LogP) is 2.43. The highest BCUT2D eigenvalue weighted by atomic mass is 16.5. The van der Waals surface area contributed by atoms with E-state index in [-0.39, 0.29) is 19.1 Å². The third-order valence-corrected chi connectivity index (χ3v) is 3.69. The SMILES string of the molecule is C=CCCC(=O)N(CC)CC(O)COc1ccc(CCOC)cc1. The van der Waals surface area contributed by atoms with Gasteiger partial charge in [0, 0.05) is 26.6 Å². The molecule has 5 nitrogen and oxygen atoms in total. The first-order valence-electron chi connectivity index (χ1n) is 8.38. The van der Waals surface area contributed by atoms with Crippen molar-refractivity contribution in [3.63, 3.8) is 0 Å². The second-order valence-corrected chi connectivity index (χ2v) is 5.61. The lowest BCUT2D eigenvalue weighted by Gasteiger charge is -2.24. The maximum absolute atomic E-state index is 12.0. The van der Waals surface area contributed by atoms with Crippen LogP contribution in [0.25, 0.3) is 0 Å². The van der Waals surface area contributed by atoms with Crippen molar-refractivity contribution in [2.24, 2.45) is 0 Å². The number of allylic oxidation sites excluding steroid dienone is 1. The average molecular weight is 335 g/mol. The van der Waals surface area contributed by atoms with Crippen LogP contribution >= 0.6 is 0 Å². The zero-order valence-electron chi connectivity index (χ0n) is 14.7. The number of carbonyl (C=O) groups excluding carboxylic acids is 1. The number of methoxy groups -OCH3 is 1. The summed E-state index contributed by atoms with van der Waals surface area (Å²) in [6.07, 6.45) is 2.94. The topological polar surface area (TPSA) is 59.0 Å². The lowest BCUT2D eigenvalue weighted by molar-refractivity contribution is -0.132. The van der Waals surface area contributed by atoms with Crippen molar-refractivity contribution in [1.29, 1.82) is 0 Å². The van der Waals surface area contributed by atoms with E-state index in [4.69, 9.17) is 9.47 Å². The van der Waals surface area contributed by atoms with Gasteiger partial charge in [0.2, 0.25) is 5.91 Å². The number of hydrogen-bond donors (Lipinski definition) is 1. The van der Waals surface area contributed by atoms with Crippen molar-refractivity contribution < 1.29 is 19.4 Å². The zero-order chi connectivity index (χ0) is 17.8. The molecule has 1 aromatic rings. The quantitative estimate of drug-likeness (QED) is 0.596. The molecule has 0 aliphatic rings. The number of rotatable bonds is 12. The van der Waals surface area contributed by atoms with Crippen molar-refractivity contribution in [2.75, 3.05) is 33.4 Å². The van der Waals surface area contributed by atoms with Gasteiger partial charge in [-0.05, 0) is 37.5 Å². The molecule has 1 unspecified atom stereocenters. The monoisotopic (exact) mass is 335 g/mol. The van der Waals surface area contributed by atoms with Gasteiger partial charge in [-0.3, -0.25) is 4.79 Å². The Morgan fingerprint density at radius 1 is 1.38 bits per heavy atom. The number of amides is 1. The molecule has 0 spiro atoms. The van der Waals surface area contributed by atoms with E-state index in [9.17, 15) is 9.90 Å². The molecule has 1 aromatic carbocycles. The molecule has 0 aliphatic heterocycles. The fraction of sp³-hybridized carbons (Fsp3) is 0.526. The maximum Gasteiger partial charge on any atom is 0.222 e. The molecule has 5 heteroatoms. The van der Waals surface area contributed by atoms with Crippen LogP contribution in [0.5, 0.6) is 5.75 Å². The molecule has 0 aromatic heterocycles. The van der Waals surface area contributed by atoms with Gasteiger partial charge in [0.05, 0.1) is 6.61 Å². The Hall–Kier alpha value is -1.85. The highest BCUT2D eigenvalue weighted by Crippen LogP contribution is 2.13. The summed E-state index contributed by atoms with van der Waals surface area (Å²) in [5.41, 5.74) is 1.18. The number of likely N-dealkylation sites (N-methyl/N-ethyl adjacent to an activating group) is 1. The van der Waals surface area contributed by atoms with Gasteiger partial charge in [-0.2, -0.15) is 0 Å². The van der Waals surface area contributed by atoms with Crippen molar-refractivity contribution in [2.45, 2.75) is 32.3 Å². The van der Waals surface area contributed by atoms with Crippen LogP contribution in [0, 0.1) is 0 Å². The standard InChI is InChI=1S/C19H29NO4/c1-4-6-7-19(22)20(5-2)14-17(21)15-24-18-10-8-16(9-11-18)12-13-23-3/h4,8-11,17,21H,1,5-7,12-15H2,2-3H3. The Bertz CT molecular complexity index is 487. The van der Waals surface area contributed by atoms with Gasteiger partial charge in [-0.1, -0.05) is 18.2 Å². The first-order valence-corrected chi connectivity index (χ1v) is 8.38. The van der Waals surface area contributed by atoms with Gasteiger partial charge < -0.3 is 19.5 Å². The number of hydrogen-bond acceptors (Lipinski definition) is 4. The van der Waals surface area contributed by atoms with Crippen LogP contribution in [0.15, 0.2) is 36.9 Å². The van der Waals surface area contributed by atoms with E-state index >= 15 is 0 Å². The van der Waals surface area contributed by atoms with E-state index in [1.54, 1.807) is 18.1 Å². The fourth-order valence-electron chi connectivity index (χ4n) is 2.26. The smallest absolute Gasteiger partial charge is 0.222 e. The van der Waals surface area contributed by atoms with Crippen molar-refractivity contribution in [1.82, 2.24) is 4.90 Å². The van der Waals surface area contributed by atoms with Crippen LogP contribution < -0.4 is 4.74 Å². The summed E-state index contributed by atoms with van der Waals surface area (Å²) >= 11 is 0. The summed E-state index contributed by atoms with van der Waals surface area (Å²) in [6, 6.07) is 7.73. The minimum absolute atomic E-state index is 0.0268. The Kier molecular flexibility index (Phi) is 9.80. The van der Waals surface area contributed by atoms with Gasteiger partial charge in [-0.25, -0.2) is 0 Å². The van der Waals surface area contributed by atoms with E-state index < -0.39 is 6.10 Å². The number of aliphatic hydroxyl groups is 1. The number of carbonyl (C=O) groups is 1. The minimum atomic E-state index is -0.717. The van der Waals surface area contributed by atoms with Crippen molar-refractivity contribution >= 4 is 5.91 Å². The van der Waals surface area contributed by atoms with Gasteiger partial charge in [0.1, 0.15) is 18.5 Å². The normalized spacial score (nSPS) is 11.8. The molecule has 0 saturated carbocycles. The molecule has 134 valence electrons. The molecule has 0 bridgehead atoms. The van der Waals surface area contributed by atoms with Gasteiger partial charge in [-0.15, -0.1) is 6.58 Å². The minimum Gasteiger partial charge on any atom is -0.491 e. The van der Waals surface area contributed by atoms with E-state index in [0.717, 1.165) is 6.42 Å². The van der Waals surface area contributed by atoms with Crippen LogP contribution in [0.1, 0.15) is 25.3 Å². The van der Waals surface area contributed by atoms with Gasteiger partial charge in [0.15, 0.2) is 0 Å². The molecular formula is C19H29NO4. The fourth-order valence-corrected chi connectivity index (χ4v) is 2.26. The van der Waals surface area contributed by atoms with E-state index in [2.05, 4.69) is 6.58 Å². The molecule has 24 heavy (non-hydrogen) atoms. The second kappa shape index (κ2) is 11.6. The van der Waals surface area contributed by atoms with E-state index in [0.29, 0.717) is 31.7 Å². The van der Waals surface area contributed by atoms with E-state index in [1.807, 2.05) is 31.2 Å². The molecule has 0 aliphatic carbocycles. The average Bonchev–Trinajstić information content (AvgIpc) is 2.61. The Morgan fingerprint density at radius 2 is 2.08 bits per heavy atom. The first kappa shape index (κ1) is 20.2. The van der Waals surface area contributed by atoms with Crippen LogP contribution in [-0.2, 0) is 16.0 Å². The molecule has 0 saturated heterocycles. The molecular weight excluding hydrogens is 306 g/mol. The lowest BCUT2D eigenvalue weighted by atomic mass is 10.1. The van der Waals surface area contributed by atoms with Crippen LogP contribution in [0.2, 0.25) is 0 Å². The number of ether oxygens (including phenoxy) is 2. The van der Waals surface area contributed by atoms with Gasteiger partial charge in [0.25, 0.3) is 0 Å². The van der Waals surface area contributed by atoms with Gasteiger partial charge >= 0.3 is 0 Å². The molecule has 0 fully saturated rings. The Balaban J connectivity index is 2.39.